The summed E-state index contributed by atoms with van der Waals surface area (Å²) in [7, 11) is 0. The molecule has 0 amide bonds. The molecule has 1 aromatic carbocycles. The van der Waals surface area contributed by atoms with Crippen LogP contribution in [0, 0.1) is 13.8 Å². The Balaban J connectivity index is 2.10. The predicted octanol–water partition coefficient (Wildman–Crippen LogP) is 3.57. The molecule has 2 N–H and O–H groups in total. The van der Waals surface area contributed by atoms with Crippen molar-refractivity contribution in [1.29, 1.82) is 0 Å². The van der Waals surface area contributed by atoms with Gasteiger partial charge in [-0.2, -0.15) is 0 Å². The molecule has 0 aliphatic carbocycles. The molecule has 2 nitrogen and oxygen atoms in total. The lowest BCUT2D eigenvalue weighted by atomic mass is 10.1. The van der Waals surface area contributed by atoms with Gasteiger partial charge in [-0.15, -0.1) is 11.8 Å². The van der Waals surface area contributed by atoms with E-state index in [0.29, 0.717) is 0 Å². The van der Waals surface area contributed by atoms with Crippen molar-refractivity contribution in [3.63, 3.8) is 0 Å². The highest BCUT2D eigenvalue weighted by Crippen LogP contribution is 2.25. The van der Waals surface area contributed by atoms with Crippen LogP contribution in [0.3, 0.4) is 0 Å². The zero-order valence-corrected chi connectivity index (χ0v) is 10.9. The standard InChI is InChI=1S/C14H16N2S/c1-10-7-8-16-11(2)14(10)9-17-13-5-3-12(15)4-6-13/h3-8H,9,15H2,1-2H3. The van der Waals surface area contributed by atoms with Crippen LogP contribution in [0.25, 0.3) is 0 Å². The fraction of sp³-hybridized carbons (Fsp3) is 0.214. The summed E-state index contributed by atoms with van der Waals surface area (Å²) in [6, 6.07) is 10.0. The zero-order valence-electron chi connectivity index (χ0n) is 10.1. The molecule has 0 aliphatic rings. The monoisotopic (exact) mass is 244 g/mol. The summed E-state index contributed by atoms with van der Waals surface area (Å²) in [5.41, 5.74) is 10.2. The molecule has 1 aromatic heterocycles. The molecule has 0 fully saturated rings. The van der Waals surface area contributed by atoms with E-state index in [9.17, 15) is 0 Å². The Morgan fingerprint density at radius 1 is 1.12 bits per heavy atom. The van der Waals surface area contributed by atoms with E-state index in [1.807, 2.05) is 30.1 Å². The van der Waals surface area contributed by atoms with Crippen molar-refractivity contribution < 1.29 is 0 Å². The molecule has 0 unspecified atom stereocenters. The number of nitrogens with two attached hydrogens (primary N) is 1. The van der Waals surface area contributed by atoms with Gasteiger partial charge in [-0.05, 0) is 55.3 Å². The van der Waals surface area contributed by atoms with Crippen LogP contribution in [-0.4, -0.2) is 4.98 Å². The number of hydrogen-bond acceptors (Lipinski definition) is 3. The minimum atomic E-state index is 0.808. The van der Waals surface area contributed by atoms with Crippen LogP contribution in [0.4, 0.5) is 5.69 Å². The number of rotatable bonds is 3. The lowest BCUT2D eigenvalue weighted by Crippen LogP contribution is -1.94. The van der Waals surface area contributed by atoms with Crippen LogP contribution in [0.1, 0.15) is 16.8 Å². The number of aromatic nitrogens is 1. The molecule has 2 aromatic rings. The lowest BCUT2D eigenvalue weighted by Gasteiger charge is -2.08. The maximum absolute atomic E-state index is 5.66. The average Bonchev–Trinajstić information content (AvgIpc) is 2.31. The van der Waals surface area contributed by atoms with Gasteiger partial charge >= 0.3 is 0 Å². The molecule has 0 spiro atoms. The highest BCUT2D eigenvalue weighted by Gasteiger charge is 2.04. The van der Waals surface area contributed by atoms with Crippen LogP contribution in [0.2, 0.25) is 0 Å². The molecule has 0 saturated heterocycles. The van der Waals surface area contributed by atoms with Crippen molar-refractivity contribution in [3.8, 4) is 0 Å². The van der Waals surface area contributed by atoms with Gasteiger partial charge in [-0.3, -0.25) is 4.98 Å². The number of aryl methyl sites for hydroxylation is 2. The van der Waals surface area contributed by atoms with Gasteiger partial charge in [-0.25, -0.2) is 0 Å². The summed E-state index contributed by atoms with van der Waals surface area (Å²) in [6.45, 7) is 4.19. The Labute approximate surface area is 106 Å². The molecule has 17 heavy (non-hydrogen) atoms. The first kappa shape index (κ1) is 12.0. The summed E-state index contributed by atoms with van der Waals surface area (Å²) in [5.74, 6) is 0.954. The van der Waals surface area contributed by atoms with Crippen LogP contribution in [0.15, 0.2) is 41.4 Å². The van der Waals surface area contributed by atoms with Gasteiger partial charge in [0.1, 0.15) is 0 Å². The summed E-state index contributed by atoms with van der Waals surface area (Å²) < 4.78 is 0. The molecule has 0 radical (unpaired) electrons. The molecule has 2 rings (SSSR count). The average molecular weight is 244 g/mol. The van der Waals surface area contributed by atoms with Gasteiger partial charge in [0.15, 0.2) is 0 Å². The third kappa shape index (κ3) is 3.01. The summed E-state index contributed by atoms with van der Waals surface area (Å²) in [5, 5.41) is 0. The predicted molar refractivity (Wildman–Crippen MR) is 74.1 cm³/mol. The maximum Gasteiger partial charge on any atom is 0.0415 e. The summed E-state index contributed by atoms with van der Waals surface area (Å²) in [4.78, 5) is 5.57. The number of benzene rings is 1. The largest absolute Gasteiger partial charge is 0.399 e. The number of pyridine rings is 1. The maximum atomic E-state index is 5.66. The Bertz CT molecular complexity index is 486. The zero-order chi connectivity index (χ0) is 12.3. The number of nitrogens with zero attached hydrogens (tertiary/aromatic N) is 1. The van der Waals surface area contributed by atoms with Crippen molar-refractivity contribution in [2.24, 2.45) is 0 Å². The van der Waals surface area contributed by atoms with Crippen molar-refractivity contribution in [1.82, 2.24) is 4.98 Å². The quantitative estimate of drug-likeness (QED) is 0.662. The first-order valence-electron chi connectivity index (χ1n) is 5.56. The Kier molecular flexibility index (Phi) is 3.69. The first-order valence-corrected chi connectivity index (χ1v) is 6.55. The topological polar surface area (TPSA) is 38.9 Å². The van der Waals surface area contributed by atoms with Crippen LogP contribution < -0.4 is 5.73 Å². The molecule has 88 valence electrons. The highest BCUT2D eigenvalue weighted by atomic mass is 32.2. The molecular formula is C14H16N2S. The fourth-order valence-electron chi connectivity index (χ4n) is 1.66. The molecule has 1 heterocycles. The van der Waals surface area contributed by atoms with E-state index < -0.39 is 0 Å². The van der Waals surface area contributed by atoms with Gasteiger partial charge in [0.2, 0.25) is 0 Å². The van der Waals surface area contributed by atoms with Gasteiger partial charge < -0.3 is 5.73 Å². The van der Waals surface area contributed by atoms with Gasteiger partial charge in [0.25, 0.3) is 0 Å². The molecular weight excluding hydrogens is 228 g/mol. The minimum Gasteiger partial charge on any atom is -0.399 e. The van der Waals surface area contributed by atoms with E-state index in [-0.39, 0.29) is 0 Å². The van der Waals surface area contributed by atoms with Crippen molar-refractivity contribution in [2.75, 3.05) is 5.73 Å². The Morgan fingerprint density at radius 2 is 1.82 bits per heavy atom. The van der Waals surface area contributed by atoms with E-state index >= 15 is 0 Å². The van der Waals surface area contributed by atoms with Crippen LogP contribution >= 0.6 is 11.8 Å². The summed E-state index contributed by atoms with van der Waals surface area (Å²) >= 11 is 1.81. The number of nitrogen functional groups attached to an aromatic ring is 1. The normalized spacial score (nSPS) is 10.5. The number of anilines is 1. The first-order chi connectivity index (χ1) is 8.16. The molecule has 0 bridgehead atoms. The summed E-state index contributed by atoms with van der Waals surface area (Å²) in [6.07, 6.45) is 1.86. The Morgan fingerprint density at radius 3 is 2.47 bits per heavy atom. The minimum absolute atomic E-state index is 0.808. The van der Waals surface area contributed by atoms with Crippen molar-refractivity contribution in [3.05, 3.63) is 53.3 Å². The molecule has 0 saturated carbocycles. The van der Waals surface area contributed by atoms with Crippen molar-refractivity contribution in [2.45, 2.75) is 24.5 Å². The Hall–Kier alpha value is -1.48. The lowest BCUT2D eigenvalue weighted by molar-refractivity contribution is 1.11. The van der Waals surface area contributed by atoms with Crippen molar-refractivity contribution >= 4 is 17.4 Å². The van der Waals surface area contributed by atoms with Gasteiger partial charge in [-0.1, -0.05) is 0 Å². The van der Waals surface area contributed by atoms with Crippen LogP contribution in [0.5, 0.6) is 0 Å². The highest BCUT2D eigenvalue weighted by molar-refractivity contribution is 7.98. The fourth-order valence-corrected chi connectivity index (χ4v) is 2.74. The third-order valence-corrected chi connectivity index (χ3v) is 3.81. The molecule has 0 atom stereocenters. The smallest absolute Gasteiger partial charge is 0.0415 e. The van der Waals surface area contributed by atoms with E-state index in [1.165, 1.54) is 16.0 Å². The van der Waals surface area contributed by atoms with E-state index in [1.54, 1.807) is 0 Å². The van der Waals surface area contributed by atoms with Gasteiger partial charge in [0, 0.05) is 28.2 Å². The second-order valence-electron chi connectivity index (χ2n) is 4.05. The second-order valence-corrected chi connectivity index (χ2v) is 5.10. The van der Waals surface area contributed by atoms with E-state index in [4.69, 9.17) is 5.73 Å². The molecule has 0 aliphatic heterocycles. The van der Waals surface area contributed by atoms with Crippen LogP contribution in [-0.2, 0) is 5.75 Å². The van der Waals surface area contributed by atoms with E-state index in [2.05, 4.69) is 37.0 Å². The van der Waals surface area contributed by atoms with E-state index in [0.717, 1.165) is 17.1 Å². The SMILES string of the molecule is Cc1ccnc(C)c1CSc1ccc(N)cc1. The third-order valence-electron chi connectivity index (χ3n) is 2.77. The second kappa shape index (κ2) is 5.23. The number of hydrogen-bond donors (Lipinski definition) is 1. The molecule has 3 heteroatoms. The number of thioether (sulfide) groups is 1. The van der Waals surface area contributed by atoms with Gasteiger partial charge in [0.05, 0.1) is 0 Å².